The second-order valence-electron chi connectivity index (χ2n) is 5.68. The zero-order chi connectivity index (χ0) is 19.1. The van der Waals surface area contributed by atoms with Crippen molar-refractivity contribution in [2.75, 3.05) is 12.4 Å². The number of methoxy groups -OCH3 is 1. The fraction of sp³-hybridized carbons (Fsp3) is 0.0952. The first kappa shape index (κ1) is 18.1. The van der Waals surface area contributed by atoms with Crippen molar-refractivity contribution >= 4 is 17.7 Å². The molecule has 6 nitrogen and oxygen atoms in total. The minimum absolute atomic E-state index is 0.303. The fourth-order valence-electron chi connectivity index (χ4n) is 2.34. The molecular weight excluding hydrogens is 344 g/mol. The molecule has 2 aromatic carbocycles. The van der Waals surface area contributed by atoms with Crippen molar-refractivity contribution in [1.29, 1.82) is 0 Å². The molecule has 27 heavy (non-hydrogen) atoms. The van der Waals surface area contributed by atoms with Gasteiger partial charge in [-0.2, -0.15) is 0 Å². The maximum atomic E-state index is 12.3. The maximum absolute atomic E-state index is 12.3. The number of pyridine rings is 1. The van der Waals surface area contributed by atoms with Crippen molar-refractivity contribution in [3.05, 3.63) is 89.6 Å². The van der Waals surface area contributed by atoms with Crippen LogP contribution in [0.3, 0.4) is 0 Å². The van der Waals surface area contributed by atoms with Crippen molar-refractivity contribution < 1.29 is 19.1 Å². The molecule has 0 aliphatic rings. The quantitative estimate of drug-likeness (QED) is 0.677. The lowest BCUT2D eigenvalue weighted by atomic mass is 10.2. The molecule has 0 aliphatic heterocycles. The highest BCUT2D eigenvalue weighted by Gasteiger charge is 2.09. The monoisotopic (exact) mass is 362 g/mol. The minimum atomic E-state index is -0.480. The van der Waals surface area contributed by atoms with Crippen molar-refractivity contribution in [2.24, 2.45) is 0 Å². The van der Waals surface area contributed by atoms with Gasteiger partial charge in [-0.15, -0.1) is 0 Å². The van der Waals surface area contributed by atoms with Gasteiger partial charge in [-0.3, -0.25) is 4.79 Å². The third-order valence-corrected chi connectivity index (χ3v) is 3.79. The van der Waals surface area contributed by atoms with Gasteiger partial charge in [0.15, 0.2) is 0 Å². The summed E-state index contributed by atoms with van der Waals surface area (Å²) in [5, 5.41) is 2.68. The summed E-state index contributed by atoms with van der Waals surface area (Å²) >= 11 is 0. The van der Waals surface area contributed by atoms with Crippen molar-refractivity contribution in [3.63, 3.8) is 0 Å². The van der Waals surface area contributed by atoms with Crippen LogP contribution in [-0.4, -0.2) is 24.0 Å². The molecule has 136 valence electrons. The smallest absolute Gasteiger partial charge is 0.339 e. The van der Waals surface area contributed by atoms with E-state index in [2.05, 4.69) is 15.0 Å². The van der Waals surface area contributed by atoms with Gasteiger partial charge in [-0.05, 0) is 42.0 Å². The predicted molar refractivity (Wildman–Crippen MR) is 101 cm³/mol. The lowest BCUT2D eigenvalue weighted by molar-refractivity contribution is 0.0600. The number of hydrogen-bond acceptors (Lipinski definition) is 5. The normalized spacial score (nSPS) is 10.1. The van der Waals surface area contributed by atoms with Crippen LogP contribution in [-0.2, 0) is 11.3 Å². The van der Waals surface area contributed by atoms with E-state index in [0.717, 1.165) is 5.56 Å². The Morgan fingerprint density at radius 3 is 2.26 bits per heavy atom. The van der Waals surface area contributed by atoms with Crippen LogP contribution in [0.2, 0.25) is 0 Å². The van der Waals surface area contributed by atoms with Gasteiger partial charge in [0.1, 0.15) is 18.2 Å². The van der Waals surface area contributed by atoms with E-state index in [9.17, 15) is 9.59 Å². The molecule has 0 saturated heterocycles. The van der Waals surface area contributed by atoms with Gasteiger partial charge in [0.25, 0.3) is 5.91 Å². The number of anilines is 1. The average Bonchev–Trinajstić information content (AvgIpc) is 2.73. The van der Waals surface area contributed by atoms with Crippen LogP contribution >= 0.6 is 0 Å². The molecule has 3 rings (SSSR count). The van der Waals surface area contributed by atoms with Crippen LogP contribution in [0.4, 0.5) is 5.82 Å². The van der Waals surface area contributed by atoms with Crippen molar-refractivity contribution in [1.82, 2.24) is 4.98 Å². The molecule has 0 bridgehead atoms. The first-order valence-electron chi connectivity index (χ1n) is 8.28. The standard InChI is InChI=1S/C21H18N2O4/c1-26-21(25)17-9-12-19(22-13-17)23-20(24)16-7-10-18(11-8-16)27-14-15-5-3-2-4-6-15/h2-13H,14H2,1H3,(H,22,23,24). The van der Waals surface area contributed by atoms with E-state index in [-0.39, 0.29) is 5.91 Å². The van der Waals surface area contributed by atoms with Crippen LogP contribution in [0.5, 0.6) is 5.75 Å². The third-order valence-electron chi connectivity index (χ3n) is 3.79. The molecule has 0 aliphatic carbocycles. The number of rotatable bonds is 6. The zero-order valence-electron chi connectivity index (χ0n) is 14.7. The van der Waals surface area contributed by atoms with Crippen LogP contribution in [0.25, 0.3) is 0 Å². The van der Waals surface area contributed by atoms with Gasteiger partial charge in [0.05, 0.1) is 12.7 Å². The predicted octanol–water partition coefficient (Wildman–Crippen LogP) is 3.70. The Labute approximate surface area is 156 Å². The van der Waals surface area contributed by atoms with Gasteiger partial charge < -0.3 is 14.8 Å². The average molecular weight is 362 g/mol. The van der Waals surface area contributed by atoms with Gasteiger partial charge in [0, 0.05) is 11.8 Å². The van der Waals surface area contributed by atoms with Crippen molar-refractivity contribution in [3.8, 4) is 5.75 Å². The van der Waals surface area contributed by atoms with Gasteiger partial charge in [0.2, 0.25) is 0 Å². The molecule has 0 atom stereocenters. The number of esters is 1. The largest absolute Gasteiger partial charge is 0.489 e. The molecule has 1 N–H and O–H groups in total. The van der Waals surface area contributed by atoms with Gasteiger partial charge >= 0.3 is 5.97 Å². The second-order valence-corrected chi connectivity index (χ2v) is 5.68. The van der Waals surface area contributed by atoms with Crippen molar-refractivity contribution in [2.45, 2.75) is 6.61 Å². The van der Waals surface area contributed by atoms with E-state index >= 15 is 0 Å². The summed E-state index contributed by atoms with van der Waals surface area (Å²) in [5.41, 5.74) is 1.86. The van der Waals surface area contributed by atoms with E-state index in [4.69, 9.17) is 4.74 Å². The third kappa shape index (κ3) is 4.92. The molecule has 1 aromatic heterocycles. The Morgan fingerprint density at radius 1 is 0.926 bits per heavy atom. The zero-order valence-corrected chi connectivity index (χ0v) is 14.7. The summed E-state index contributed by atoms with van der Waals surface area (Å²) in [6.07, 6.45) is 1.35. The van der Waals surface area contributed by atoms with E-state index in [1.807, 2.05) is 30.3 Å². The molecule has 1 heterocycles. The number of aromatic nitrogens is 1. The Bertz CT molecular complexity index is 907. The highest BCUT2D eigenvalue weighted by atomic mass is 16.5. The second kappa shape index (κ2) is 8.62. The minimum Gasteiger partial charge on any atom is -0.489 e. The van der Waals surface area contributed by atoms with E-state index in [1.54, 1.807) is 30.3 Å². The maximum Gasteiger partial charge on any atom is 0.339 e. The Morgan fingerprint density at radius 2 is 1.63 bits per heavy atom. The summed E-state index contributed by atoms with van der Waals surface area (Å²) < 4.78 is 10.3. The molecule has 0 unspecified atom stereocenters. The van der Waals surface area contributed by atoms with E-state index < -0.39 is 5.97 Å². The van der Waals surface area contributed by atoms with E-state index in [1.165, 1.54) is 19.4 Å². The number of carbonyl (C=O) groups excluding carboxylic acids is 2. The van der Waals surface area contributed by atoms with Crippen LogP contribution in [0, 0.1) is 0 Å². The number of nitrogens with zero attached hydrogens (tertiary/aromatic N) is 1. The summed E-state index contributed by atoms with van der Waals surface area (Å²) in [4.78, 5) is 27.7. The molecule has 0 fully saturated rings. The topological polar surface area (TPSA) is 77.5 Å². The number of amides is 1. The first-order chi connectivity index (χ1) is 13.2. The highest BCUT2D eigenvalue weighted by Crippen LogP contribution is 2.15. The number of nitrogens with one attached hydrogen (secondary N) is 1. The first-order valence-corrected chi connectivity index (χ1v) is 8.28. The number of benzene rings is 2. The SMILES string of the molecule is COC(=O)c1ccc(NC(=O)c2ccc(OCc3ccccc3)cc2)nc1. The van der Waals surface area contributed by atoms with Gasteiger partial charge in [-0.1, -0.05) is 30.3 Å². The van der Waals surface area contributed by atoms with Crippen LogP contribution < -0.4 is 10.1 Å². The van der Waals surface area contributed by atoms with Gasteiger partial charge in [-0.25, -0.2) is 9.78 Å². The summed E-state index contributed by atoms with van der Waals surface area (Å²) in [7, 11) is 1.30. The summed E-state index contributed by atoms with van der Waals surface area (Å²) in [6.45, 7) is 0.461. The fourth-order valence-corrected chi connectivity index (χ4v) is 2.34. The number of ether oxygens (including phenoxy) is 2. The van der Waals surface area contributed by atoms with E-state index in [0.29, 0.717) is 29.3 Å². The molecule has 0 saturated carbocycles. The molecule has 1 amide bonds. The Hall–Kier alpha value is -3.67. The van der Waals surface area contributed by atoms with Crippen LogP contribution in [0.15, 0.2) is 72.9 Å². The Kier molecular flexibility index (Phi) is 5.79. The highest BCUT2D eigenvalue weighted by molar-refractivity contribution is 6.03. The number of hydrogen-bond donors (Lipinski definition) is 1. The molecule has 3 aromatic rings. The molecule has 0 radical (unpaired) electrons. The Balaban J connectivity index is 1.58. The molecular formula is C21H18N2O4. The lowest BCUT2D eigenvalue weighted by Crippen LogP contribution is -2.13. The van der Waals surface area contributed by atoms with Crippen LogP contribution in [0.1, 0.15) is 26.3 Å². The summed E-state index contributed by atoms with van der Waals surface area (Å²) in [6, 6.07) is 19.8. The molecule has 0 spiro atoms. The summed E-state index contributed by atoms with van der Waals surface area (Å²) in [5.74, 6) is 0.238. The lowest BCUT2D eigenvalue weighted by Gasteiger charge is -2.08. The molecule has 6 heteroatoms. The number of carbonyl (C=O) groups is 2.